The van der Waals surface area contributed by atoms with Crippen molar-refractivity contribution in [2.45, 2.75) is 64.5 Å². The molecule has 0 saturated carbocycles. The second-order valence-electron chi connectivity index (χ2n) is 9.68. The fraction of sp³-hybridized carbons (Fsp3) is 0.462. The minimum Gasteiger partial charge on any atom is -0.469 e. The van der Waals surface area contributed by atoms with Gasteiger partial charge in [-0.05, 0) is 29.3 Å². The van der Waals surface area contributed by atoms with Gasteiger partial charge in [0.05, 0.1) is 19.8 Å². The summed E-state index contributed by atoms with van der Waals surface area (Å²) < 4.78 is 11.2. The van der Waals surface area contributed by atoms with Crippen LogP contribution in [-0.2, 0) is 31.8 Å². The summed E-state index contributed by atoms with van der Waals surface area (Å²) in [6.45, 7) is 12.3. The molecule has 174 valence electrons. The first-order valence-electron chi connectivity index (χ1n) is 11.1. The van der Waals surface area contributed by atoms with Crippen molar-refractivity contribution in [1.82, 2.24) is 4.90 Å². The third kappa shape index (κ3) is 7.69. The van der Waals surface area contributed by atoms with Crippen molar-refractivity contribution in [3.8, 4) is 0 Å². The summed E-state index contributed by atoms with van der Waals surface area (Å²) in [5, 5.41) is 0.0205. The standard InChI is InChI=1S/C26H37NO4Si/c1-26(2,3)32(5,6)31-20-23(24(28)17-25(29)30-4)27(18-21-13-9-7-10-14-21)19-22-15-11-8-12-16-22/h7-16,23H,17-20H2,1-6H3/t23-/m0/s1. The Morgan fingerprint density at radius 2 is 1.38 bits per heavy atom. The molecule has 0 aromatic heterocycles. The molecule has 0 bridgehead atoms. The largest absolute Gasteiger partial charge is 0.469 e. The molecular formula is C26H37NO4Si. The molecule has 2 aromatic rings. The molecule has 5 nitrogen and oxygen atoms in total. The molecule has 0 radical (unpaired) electrons. The Labute approximate surface area is 193 Å². The average molecular weight is 456 g/mol. The Bertz CT molecular complexity index is 821. The van der Waals surface area contributed by atoms with Gasteiger partial charge in [-0.15, -0.1) is 0 Å². The Hall–Kier alpha value is -2.28. The number of carbonyl (C=O) groups is 2. The van der Waals surface area contributed by atoms with E-state index in [4.69, 9.17) is 9.16 Å². The van der Waals surface area contributed by atoms with Crippen LogP contribution in [0, 0.1) is 0 Å². The number of benzene rings is 2. The number of methoxy groups -OCH3 is 1. The van der Waals surface area contributed by atoms with Gasteiger partial charge in [-0.2, -0.15) is 0 Å². The number of Topliss-reactive ketones (excluding diaryl/α,β-unsaturated/α-hetero) is 1. The van der Waals surface area contributed by atoms with Gasteiger partial charge in [-0.3, -0.25) is 14.5 Å². The lowest BCUT2D eigenvalue weighted by Gasteiger charge is -2.39. The summed E-state index contributed by atoms with van der Waals surface area (Å²) >= 11 is 0. The maximum Gasteiger partial charge on any atom is 0.313 e. The molecule has 0 spiro atoms. The third-order valence-corrected chi connectivity index (χ3v) is 10.7. The molecule has 0 aliphatic rings. The maximum atomic E-state index is 13.3. The summed E-state index contributed by atoms with van der Waals surface area (Å²) in [5.41, 5.74) is 2.21. The van der Waals surface area contributed by atoms with Crippen molar-refractivity contribution in [1.29, 1.82) is 0 Å². The van der Waals surface area contributed by atoms with Crippen molar-refractivity contribution in [3.05, 3.63) is 71.8 Å². The summed E-state index contributed by atoms with van der Waals surface area (Å²) in [5.74, 6) is -0.700. The minimum absolute atomic E-state index is 0.0205. The molecule has 0 heterocycles. The topological polar surface area (TPSA) is 55.8 Å². The average Bonchev–Trinajstić information content (AvgIpc) is 2.74. The Morgan fingerprint density at radius 3 is 1.78 bits per heavy atom. The van der Waals surface area contributed by atoms with E-state index >= 15 is 0 Å². The zero-order valence-corrected chi connectivity index (χ0v) is 21.3. The predicted octanol–water partition coefficient (Wildman–Crippen LogP) is 5.21. The van der Waals surface area contributed by atoms with Gasteiger partial charge in [0.1, 0.15) is 6.42 Å². The lowest BCUT2D eigenvalue weighted by molar-refractivity contribution is -0.145. The van der Waals surface area contributed by atoms with Gasteiger partial charge in [-0.25, -0.2) is 0 Å². The minimum atomic E-state index is -2.09. The van der Waals surface area contributed by atoms with Crippen LogP contribution < -0.4 is 0 Å². The first-order valence-corrected chi connectivity index (χ1v) is 14.0. The summed E-state index contributed by atoms with van der Waals surface area (Å²) in [6, 6.07) is 19.6. The van der Waals surface area contributed by atoms with E-state index in [0.717, 1.165) is 11.1 Å². The molecule has 0 saturated heterocycles. The van der Waals surface area contributed by atoms with E-state index in [1.807, 2.05) is 36.4 Å². The van der Waals surface area contributed by atoms with Gasteiger partial charge in [0.25, 0.3) is 0 Å². The van der Waals surface area contributed by atoms with Crippen molar-refractivity contribution < 1.29 is 18.8 Å². The highest BCUT2D eigenvalue weighted by Gasteiger charge is 2.39. The van der Waals surface area contributed by atoms with E-state index < -0.39 is 20.3 Å². The van der Waals surface area contributed by atoms with E-state index in [9.17, 15) is 9.59 Å². The molecule has 6 heteroatoms. The predicted molar refractivity (Wildman–Crippen MR) is 131 cm³/mol. The number of nitrogens with zero attached hydrogens (tertiary/aromatic N) is 1. The quantitative estimate of drug-likeness (QED) is 0.264. The van der Waals surface area contributed by atoms with Gasteiger partial charge in [0, 0.05) is 13.1 Å². The van der Waals surface area contributed by atoms with Crippen LogP contribution in [0.15, 0.2) is 60.7 Å². The van der Waals surface area contributed by atoms with E-state index in [0.29, 0.717) is 13.1 Å². The second-order valence-corrected chi connectivity index (χ2v) is 14.5. The monoisotopic (exact) mass is 455 g/mol. The number of carbonyl (C=O) groups excluding carboxylic acids is 2. The number of esters is 1. The van der Waals surface area contributed by atoms with Crippen LogP contribution in [0.25, 0.3) is 0 Å². The number of hydrogen-bond acceptors (Lipinski definition) is 5. The fourth-order valence-corrected chi connectivity index (χ4v) is 4.16. The smallest absolute Gasteiger partial charge is 0.313 e. The Balaban J connectivity index is 2.36. The normalized spacial score (nSPS) is 13.1. The van der Waals surface area contributed by atoms with Crippen molar-refractivity contribution >= 4 is 20.1 Å². The van der Waals surface area contributed by atoms with Crippen LogP contribution in [0.2, 0.25) is 18.1 Å². The van der Waals surface area contributed by atoms with Gasteiger partial charge in [-0.1, -0.05) is 81.4 Å². The molecule has 1 atom stereocenters. The Kier molecular flexibility index (Phi) is 9.37. The van der Waals surface area contributed by atoms with Crippen LogP contribution in [-0.4, -0.2) is 44.7 Å². The van der Waals surface area contributed by atoms with Crippen molar-refractivity contribution in [2.24, 2.45) is 0 Å². The van der Waals surface area contributed by atoms with E-state index in [1.54, 1.807) is 0 Å². The number of hydrogen-bond donors (Lipinski definition) is 0. The van der Waals surface area contributed by atoms with Crippen LogP contribution in [0.3, 0.4) is 0 Å². The highest BCUT2D eigenvalue weighted by Crippen LogP contribution is 2.36. The molecule has 0 fully saturated rings. The van der Waals surface area contributed by atoms with E-state index in [1.165, 1.54) is 7.11 Å². The molecule has 32 heavy (non-hydrogen) atoms. The van der Waals surface area contributed by atoms with Gasteiger partial charge in [0.15, 0.2) is 14.1 Å². The van der Waals surface area contributed by atoms with Gasteiger partial charge < -0.3 is 9.16 Å². The Morgan fingerprint density at radius 1 is 0.906 bits per heavy atom. The molecule has 2 aromatic carbocycles. The zero-order valence-electron chi connectivity index (χ0n) is 20.3. The number of ether oxygens (including phenoxy) is 1. The summed E-state index contributed by atoms with van der Waals surface area (Å²) in [4.78, 5) is 27.3. The number of rotatable bonds is 11. The van der Waals surface area contributed by atoms with Crippen molar-refractivity contribution in [2.75, 3.05) is 13.7 Å². The van der Waals surface area contributed by atoms with Crippen LogP contribution in [0.1, 0.15) is 38.3 Å². The molecule has 0 amide bonds. The number of ketones is 1. The van der Waals surface area contributed by atoms with Gasteiger partial charge >= 0.3 is 5.97 Å². The lowest BCUT2D eigenvalue weighted by atomic mass is 10.1. The van der Waals surface area contributed by atoms with Crippen LogP contribution in [0.4, 0.5) is 0 Å². The molecule has 0 aliphatic carbocycles. The highest BCUT2D eigenvalue weighted by atomic mass is 28.4. The fourth-order valence-electron chi connectivity index (χ4n) is 3.15. The summed E-state index contributed by atoms with van der Waals surface area (Å²) in [7, 11) is -0.779. The van der Waals surface area contributed by atoms with Crippen LogP contribution in [0.5, 0.6) is 0 Å². The van der Waals surface area contributed by atoms with Gasteiger partial charge in [0.2, 0.25) is 0 Å². The molecule has 2 rings (SSSR count). The summed E-state index contributed by atoms with van der Waals surface area (Å²) in [6.07, 6.45) is -0.262. The maximum absolute atomic E-state index is 13.3. The second kappa shape index (κ2) is 11.5. The molecule has 0 N–H and O–H groups in total. The van der Waals surface area contributed by atoms with Crippen molar-refractivity contribution in [3.63, 3.8) is 0 Å². The molecule has 0 unspecified atom stereocenters. The first-order chi connectivity index (χ1) is 15.0. The van der Waals surface area contributed by atoms with Crippen LogP contribution >= 0.6 is 0 Å². The van der Waals surface area contributed by atoms with E-state index in [-0.39, 0.29) is 23.8 Å². The first kappa shape index (κ1) is 26.0. The SMILES string of the molecule is COC(=O)CC(=O)[C@H](CO[Si](C)(C)C(C)(C)C)N(Cc1ccccc1)Cc1ccccc1. The zero-order chi connectivity index (χ0) is 23.8. The molecular weight excluding hydrogens is 418 g/mol. The van der Waals surface area contributed by atoms with E-state index in [2.05, 4.69) is 63.0 Å². The highest BCUT2D eigenvalue weighted by molar-refractivity contribution is 6.74. The third-order valence-electron chi connectivity index (χ3n) is 6.22. The molecule has 0 aliphatic heterocycles. The lowest BCUT2D eigenvalue weighted by Crippen LogP contribution is -2.49.